The van der Waals surface area contributed by atoms with Crippen LogP contribution in [0.1, 0.15) is 48.1 Å². The van der Waals surface area contributed by atoms with Gasteiger partial charge in [0.05, 0.1) is 25.9 Å². The Morgan fingerprint density at radius 2 is 1.00 bits per heavy atom. The average molecular weight is 858 g/mol. The summed E-state index contributed by atoms with van der Waals surface area (Å²) < 4.78 is 37.6. The predicted octanol–water partition coefficient (Wildman–Crippen LogP) is 6.58. The fourth-order valence-electron chi connectivity index (χ4n) is 6.87. The van der Waals surface area contributed by atoms with Crippen LogP contribution in [0, 0.1) is 0 Å². The van der Waals surface area contributed by atoms with Crippen molar-refractivity contribution in [3.63, 3.8) is 0 Å². The third kappa shape index (κ3) is 14.9. The van der Waals surface area contributed by atoms with Crippen LogP contribution < -0.4 is 16.0 Å². The molecule has 63 heavy (non-hydrogen) atoms. The van der Waals surface area contributed by atoms with Crippen LogP contribution in [-0.4, -0.2) is 73.0 Å². The molecule has 5 aromatic carbocycles. The van der Waals surface area contributed by atoms with E-state index in [9.17, 15) is 19.2 Å². The summed E-state index contributed by atoms with van der Waals surface area (Å²) in [5.74, 6) is -1.69. The second-order valence-corrected chi connectivity index (χ2v) is 15.3. The maximum atomic E-state index is 13.9. The van der Waals surface area contributed by atoms with Gasteiger partial charge in [0.15, 0.2) is 6.10 Å². The molecule has 3 amide bonds. The van der Waals surface area contributed by atoms with Crippen LogP contribution in [0.5, 0.6) is 0 Å². The first-order chi connectivity index (χ1) is 30.7. The zero-order valence-corrected chi connectivity index (χ0v) is 35.5. The van der Waals surface area contributed by atoms with Gasteiger partial charge in [-0.1, -0.05) is 152 Å². The van der Waals surface area contributed by atoms with E-state index in [0.29, 0.717) is 0 Å². The van der Waals surface area contributed by atoms with Gasteiger partial charge in [-0.05, 0) is 41.7 Å². The Balaban J connectivity index is 1.20. The largest absolute Gasteiger partial charge is 0.459 e. The SMILES string of the molecule is C[C@H](NC(=O)OCc1ccccc1)C(=O)N[C@@H](C)C(=O)NC[C@@H](OCc1ccccc1)[C@H]1O[C@H](C(=O)OCc2ccccc2)C[C@@H](OCc2ccccc2)[C@H]1OCc1ccccc1. The fourth-order valence-corrected chi connectivity index (χ4v) is 6.87. The van der Waals surface area contributed by atoms with E-state index in [1.165, 1.54) is 13.8 Å². The molecular weight excluding hydrogens is 803 g/mol. The van der Waals surface area contributed by atoms with E-state index in [0.717, 1.165) is 27.8 Å². The van der Waals surface area contributed by atoms with Gasteiger partial charge in [0.1, 0.15) is 43.6 Å². The van der Waals surface area contributed by atoms with Crippen molar-refractivity contribution in [2.24, 2.45) is 0 Å². The summed E-state index contributed by atoms with van der Waals surface area (Å²) >= 11 is 0. The lowest BCUT2D eigenvalue weighted by atomic mass is 9.93. The van der Waals surface area contributed by atoms with Crippen molar-refractivity contribution in [1.82, 2.24) is 16.0 Å². The summed E-state index contributed by atoms with van der Waals surface area (Å²) in [5.41, 5.74) is 4.32. The number of carbonyl (C=O) groups is 4. The minimum absolute atomic E-state index is 0.0334. The van der Waals surface area contributed by atoms with E-state index in [1.54, 1.807) is 0 Å². The molecule has 0 bridgehead atoms. The Morgan fingerprint density at radius 1 is 0.556 bits per heavy atom. The minimum atomic E-state index is -1.07. The zero-order chi connectivity index (χ0) is 44.2. The van der Waals surface area contributed by atoms with Crippen LogP contribution in [0.2, 0.25) is 0 Å². The lowest BCUT2D eigenvalue weighted by Gasteiger charge is -2.43. The summed E-state index contributed by atoms with van der Waals surface area (Å²) in [6, 6.07) is 45.4. The van der Waals surface area contributed by atoms with E-state index in [2.05, 4.69) is 16.0 Å². The molecule has 3 N–H and O–H groups in total. The Morgan fingerprint density at radius 3 is 1.52 bits per heavy atom. The van der Waals surface area contributed by atoms with E-state index in [-0.39, 0.29) is 46.0 Å². The molecule has 5 aromatic rings. The maximum absolute atomic E-state index is 13.9. The van der Waals surface area contributed by atoms with Crippen molar-refractivity contribution in [1.29, 1.82) is 0 Å². The van der Waals surface area contributed by atoms with Gasteiger partial charge >= 0.3 is 12.1 Å². The van der Waals surface area contributed by atoms with Crippen LogP contribution in [-0.2, 0) is 75.8 Å². The number of alkyl carbamates (subject to hydrolysis) is 1. The molecule has 1 saturated heterocycles. The van der Waals surface area contributed by atoms with Gasteiger partial charge in [0.25, 0.3) is 0 Å². The Hall–Kier alpha value is -6.38. The van der Waals surface area contributed by atoms with Crippen molar-refractivity contribution in [2.75, 3.05) is 6.54 Å². The monoisotopic (exact) mass is 857 g/mol. The third-order valence-electron chi connectivity index (χ3n) is 10.4. The molecule has 6 rings (SSSR count). The molecule has 1 fully saturated rings. The number of esters is 1. The van der Waals surface area contributed by atoms with Gasteiger partial charge in [-0.25, -0.2) is 9.59 Å². The molecule has 7 atom stereocenters. The lowest BCUT2D eigenvalue weighted by molar-refractivity contribution is -0.241. The van der Waals surface area contributed by atoms with Crippen molar-refractivity contribution in [2.45, 2.75) is 95.9 Å². The Bertz CT molecular complexity index is 2150. The number of amides is 3. The second kappa shape index (κ2) is 24.3. The highest BCUT2D eigenvalue weighted by molar-refractivity contribution is 5.90. The number of benzene rings is 5. The quantitative estimate of drug-likeness (QED) is 0.0689. The van der Waals surface area contributed by atoms with E-state index in [4.69, 9.17) is 28.4 Å². The molecule has 0 radical (unpaired) electrons. The van der Waals surface area contributed by atoms with Crippen molar-refractivity contribution in [3.8, 4) is 0 Å². The Labute approximate surface area is 368 Å². The van der Waals surface area contributed by atoms with Gasteiger partial charge in [-0.15, -0.1) is 0 Å². The summed E-state index contributed by atoms with van der Waals surface area (Å²) in [5, 5.41) is 8.07. The molecule has 1 heterocycles. The topological polar surface area (TPSA) is 160 Å². The smallest absolute Gasteiger partial charge is 0.408 e. The number of hydrogen-bond acceptors (Lipinski definition) is 10. The molecule has 13 nitrogen and oxygen atoms in total. The van der Waals surface area contributed by atoms with Crippen LogP contribution in [0.4, 0.5) is 4.79 Å². The average Bonchev–Trinajstić information content (AvgIpc) is 3.32. The molecule has 0 unspecified atom stereocenters. The molecule has 330 valence electrons. The molecule has 13 heteroatoms. The first kappa shape index (κ1) is 46.1. The normalized spacial score (nSPS) is 18.5. The fraction of sp³-hybridized carbons (Fsp3) is 0.320. The number of carbonyl (C=O) groups excluding carboxylic acids is 4. The van der Waals surface area contributed by atoms with Gasteiger partial charge < -0.3 is 44.4 Å². The van der Waals surface area contributed by atoms with Crippen LogP contribution in [0.3, 0.4) is 0 Å². The molecule has 0 spiro atoms. The van der Waals surface area contributed by atoms with Crippen LogP contribution in [0.25, 0.3) is 0 Å². The second-order valence-electron chi connectivity index (χ2n) is 15.3. The summed E-state index contributed by atoms with van der Waals surface area (Å²) in [6.45, 7) is 3.58. The zero-order valence-electron chi connectivity index (χ0n) is 35.5. The van der Waals surface area contributed by atoms with Crippen molar-refractivity contribution in [3.05, 3.63) is 179 Å². The highest BCUT2D eigenvalue weighted by Gasteiger charge is 2.47. The van der Waals surface area contributed by atoms with Crippen LogP contribution in [0.15, 0.2) is 152 Å². The molecule has 1 aliphatic rings. The lowest BCUT2D eigenvalue weighted by Crippen LogP contribution is -2.60. The number of hydrogen-bond donors (Lipinski definition) is 3. The van der Waals surface area contributed by atoms with Gasteiger partial charge in [-0.2, -0.15) is 0 Å². The van der Waals surface area contributed by atoms with Gasteiger partial charge in [0, 0.05) is 13.0 Å². The Kier molecular flexibility index (Phi) is 17.8. The molecule has 0 aromatic heterocycles. The summed E-state index contributed by atoms with van der Waals surface area (Å²) in [7, 11) is 0. The highest BCUT2D eigenvalue weighted by atomic mass is 16.6. The van der Waals surface area contributed by atoms with E-state index >= 15 is 0 Å². The van der Waals surface area contributed by atoms with Gasteiger partial charge in [-0.3, -0.25) is 9.59 Å². The highest BCUT2D eigenvalue weighted by Crippen LogP contribution is 2.31. The minimum Gasteiger partial charge on any atom is -0.459 e. The van der Waals surface area contributed by atoms with E-state index in [1.807, 2.05) is 152 Å². The van der Waals surface area contributed by atoms with Crippen molar-refractivity contribution < 1.29 is 47.6 Å². The number of ether oxygens (including phenoxy) is 6. The summed E-state index contributed by atoms with van der Waals surface area (Å²) in [4.78, 5) is 53.1. The predicted molar refractivity (Wildman–Crippen MR) is 234 cm³/mol. The molecule has 0 saturated carbocycles. The van der Waals surface area contributed by atoms with Crippen molar-refractivity contribution >= 4 is 23.9 Å². The number of nitrogens with one attached hydrogen (secondary N) is 3. The maximum Gasteiger partial charge on any atom is 0.408 e. The molecular formula is C50H55N3O10. The van der Waals surface area contributed by atoms with Crippen LogP contribution >= 0.6 is 0 Å². The first-order valence-corrected chi connectivity index (χ1v) is 21.1. The molecule has 0 aliphatic carbocycles. The van der Waals surface area contributed by atoms with E-state index < -0.39 is 66.5 Å². The molecule has 1 aliphatic heterocycles. The first-order valence-electron chi connectivity index (χ1n) is 21.1. The number of rotatable bonds is 21. The third-order valence-corrected chi connectivity index (χ3v) is 10.4. The summed E-state index contributed by atoms with van der Waals surface area (Å²) in [6.07, 6.45) is -5.03. The van der Waals surface area contributed by atoms with Gasteiger partial charge in [0.2, 0.25) is 11.8 Å². The standard InChI is InChI=1S/C50H55N3O10/c1-35(52-48(55)36(2)53-50(57)62-34-41-26-16-7-17-27-41)47(54)51-29-44(59-31-38-20-10-4-11-21-38)46-45(60-32-39-22-12-5-13-23-39)42(58-30-37-18-8-3-9-19-37)28-43(63-46)49(56)61-33-40-24-14-6-15-25-40/h3-27,35-36,42-46H,28-34H2,1-2H3,(H,51,54)(H,52,55)(H,53,57)/t35-,36-,42+,43-,44+,45+,46+/m0/s1.